The minimum absolute atomic E-state index is 0.115. The summed E-state index contributed by atoms with van der Waals surface area (Å²) in [5.74, 6) is 0.693. The van der Waals surface area contributed by atoms with E-state index in [0.717, 1.165) is 55.2 Å². The number of amides is 1. The number of rotatable bonds is 6. The number of nitrogens with zero attached hydrogens (tertiary/aromatic N) is 4. The van der Waals surface area contributed by atoms with Crippen LogP contribution in [0.5, 0.6) is 0 Å². The molecule has 0 saturated heterocycles. The molecule has 1 aromatic heterocycles. The van der Waals surface area contributed by atoms with E-state index in [1.165, 1.54) is 17.3 Å². The molecular formula is C21H27N5OS. The van der Waals surface area contributed by atoms with E-state index in [0.29, 0.717) is 0 Å². The Bertz CT molecular complexity index is 879. The molecule has 1 saturated carbocycles. The van der Waals surface area contributed by atoms with Crippen LogP contribution in [0.4, 0.5) is 0 Å². The van der Waals surface area contributed by atoms with Gasteiger partial charge in [0.05, 0.1) is 11.3 Å². The van der Waals surface area contributed by atoms with Crippen LogP contribution in [-0.2, 0) is 11.3 Å². The highest BCUT2D eigenvalue weighted by molar-refractivity contribution is 8.00. The van der Waals surface area contributed by atoms with Crippen molar-refractivity contribution >= 4 is 17.7 Å². The van der Waals surface area contributed by atoms with E-state index >= 15 is 0 Å². The Morgan fingerprint density at radius 1 is 1.36 bits per heavy atom. The molecule has 148 valence electrons. The molecule has 1 aliphatic carbocycles. The van der Waals surface area contributed by atoms with Crippen LogP contribution < -0.4 is 5.32 Å². The van der Waals surface area contributed by atoms with E-state index in [1.54, 1.807) is 0 Å². The summed E-state index contributed by atoms with van der Waals surface area (Å²) in [5, 5.41) is 21.7. The molecule has 1 amide bonds. The second kappa shape index (κ2) is 8.78. The van der Waals surface area contributed by atoms with Gasteiger partial charge in [0.15, 0.2) is 11.0 Å². The fraction of sp³-hybridized carbons (Fsp3) is 0.524. The van der Waals surface area contributed by atoms with Gasteiger partial charge in [0.25, 0.3) is 0 Å². The molecule has 1 atom stereocenters. The zero-order valence-corrected chi connectivity index (χ0v) is 17.6. The summed E-state index contributed by atoms with van der Waals surface area (Å²) < 4.78 is 2.03. The molecule has 28 heavy (non-hydrogen) atoms. The minimum atomic E-state index is -0.713. The summed E-state index contributed by atoms with van der Waals surface area (Å²) in [5.41, 5.74) is 1.47. The molecule has 0 radical (unpaired) electrons. The van der Waals surface area contributed by atoms with Crippen molar-refractivity contribution < 1.29 is 4.79 Å². The summed E-state index contributed by atoms with van der Waals surface area (Å²) in [4.78, 5) is 12.8. The lowest BCUT2D eigenvalue weighted by Gasteiger charge is -2.32. The lowest BCUT2D eigenvalue weighted by atomic mass is 9.83. The molecule has 7 heteroatoms. The molecule has 0 bridgehead atoms. The van der Waals surface area contributed by atoms with Crippen molar-refractivity contribution in [2.75, 3.05) is 0 Å². The summed E-state index contributed by atoms with van der Waals surface area (Å²) in [6.45, 7) is 6.67. The predicted molar refractivity (Wildman–Crippen MR) is 111 cm³/mol. The number of nitrogens with one attached hydrogen (secondary N) is 1. The van der Waals surface area contributed by atoms with Crippen molar-refractivity contribution in [1.82, 2.24) is 20.1 Å². The molecule has 1 heterocycles. The Labute approximate surface area is 170 Å². The Balaban J connectivity index is 1.74. The van der Waals surface area contributed by atoms with Crippen LogP contribution in [0.25, 0.3) is 11.4 Å². The third-order valence-corrected chi connectivity index (χ3v) is 6.32. The number of benzene rings is 1. The Morgan fingerprint density at radius 2 is 2.11 bits per heavy atom. The summed E-state index contributed by atoms with van der Waals surface area (Å²) in [6.07, 6.45) is 4.56. The lowest BCUT2D eigenvalue weighted by Crippen LogP contribution is -2.51. The highest BCUT2D eigenvalue weighted by Gasteiger charge is 2.35. The number of hydrogen-bond acceptors (Lipinski definition) is 5. The van der Waals surface area contributed by atoms with E-state index in [1.807, 2.05) is 30.5 Å². The van der Waals surface area contributed by atoms with Gasteiger partial charge < -0.3 is 9.88 Å². The average molecular weight is 398 g/mol. The smallest absolute Gasteiger partial charge is 0.234 e. The predicted octanol–water partition coefficient (Wildman–Crippen LogP) is 4.10. The average Bonchev–Trinajstić information content (AvgIpc) is 3.11. The zero-order chi connectivity index (χ0) is 20.1. The third kappa shape index (κ3) is 4.39. The number of thioether (sulfide) groups is 1. The van der Waals surface area contributed by atoms with Gasteiger partial charge >= 0.3 is 0 Å². The maximum atomic E-state index is 12.8. The van der Waals surface area contributed by atoms with Gasteiger partial charge in [-0.2, -0.15) is 5.26 Å². The second-order valence-electron chi connectivity index (χ2n) is 7.42. The van der Waals surface area contributed by atoms with Crippen LogP contribution >= 0.6 is 11.8 Å². The minimum Gasteiger partial charge on any atom is -0.337 e. The molecule has 1 fully saturated rings. The van der Waals surface area contributed by atoms with Crippen LogP contribution in [0.1, 0.15) is 51.5 Å². The van der Waals surface area contributed by atoms with Crippen molar-refractivity contribution in [3.63, 3.8) is 0 Å². The van der Waals surface area contributed by atoms with Gasteiger partial charge in [-0.3, -0.25) is 4.79 Å². The third-order valence-electron chi connectivity index (χ3n) is 5.24. The van der Waals surface area contributed by atoms with Crippen LogP contribution in [-0.4, -0.2) is 31.5 Å². The van der Waals surface area contributed by atoms with E-state index in [4.69, 9.17) is 0 Å². The molecule has 1 unspecified atom stereocenters. The summed E-state index contributed by atoms with van der Waals surface area (Å²) in [6, 6.07) is 10.5. The van der Waals surface area contributed by atoms with E-state index in [-0.39, 0.29) is 11.2 Å². The molecule has 0 spiro atoms. The van der Waals surface area contributed by atoms with E-state index in [9.17, 15) is 10.1 Å². The quantitative estimate of drug-likeness (QED) is 0.742. The normalized spacial score (nSPS) is 16.9. The molecule has 1 aliphatic rings. The Kier molecular flexibility index (Phi) is 6.40. The molecule has 3 rings (SSSR count). The standard InChI is InChI=1S/C21H27N5OS/c1-4-26-18(17-10-8-9-15(2)13-17)24-25-20(26)28-16(3)19(27)23-21(14-22)11-6-5-7-12-21/h8-10,13,16H,4-7,11-12H2,1-3H3,(H,23,27). The maximum Gasteiger partial charge on any atom is 0.234 e. The molecule has 0 aliphatic heterocycles. The van der Waals surface area contributed by atoms with Gasteiger partial charge in [0.2, 0.25) is 5.91 Å². The van der Waals surface area contributed by atoms with Crippen molar-refractivity contribution in [2.45, 2.75) is 75.4 Å². The van der Waals surface area contributed by atoms with Crippen LogP contribution in [0.2, 0.25) is 0 Å². The van der Waals surface area contributed by atoms with E-state index < -0.39 is 5.54 Å². The second-order valence-corrected chi connectivity index (χ2v) is 8.73. The molecular weight excluding hydrogens is 370 g/mol. The topological polar surface area (TPSA) is 83.6 Å². The van der Waals surface area contributed by atoms with Gasteiger partial charge in [-0.05, 0) is 39.7 Å². The first kappa shape index (κ1) is 20.4. The number of aromatic nitrogens is 3. The van der Waals surface area contributed by atoms with Crippen molar-refractivity contribution in [2.24, 2.45) is 0 Å². The summed E-state index contributed by atoms with van der Waals surface area (Å²) in [7, 11) is 0. The number of hydrogen-bond donors (Lipinski definition) is 1. The number of carbonyl (C=O) groups excluding carboxylic acids is 1. The van der Waals surface area contributed by atoms with Crippen molar-refractivity contribution in [3.8, 4) is 17.5 Å². The van der Waals surface area contributed by atoms with Crippen LogP contribution in [0, 0.1) is 18.3 Å². The van der Waals surface area contributed by atoms with Gasteiger partial charge in [0, 0.05) is 12.1 Å². The Morgan fingerprint density at radius 3 is 2.75 bits per heavy atom. The summed E-state index contributed by atoms with van der Waals surface area (Å²) >= 11 is 1.39. The van der Waals surface area contributed by atoms with Crippen LogP contribution in [0.15, 0.2) is 29.4 Å². The zero-order valence-electron chi connectivity index (χ0n) is 16.7. The molecule has 2 aromatic rings. The van der Waals surface area contributed by atoms with Gasteiger partial charge in [-0.1, -0.05) is 54.8 Å². The van der Waals surface area contributed by atoms with Crippen LogP contribution in [0.3, 0.4) is 0 Å². The first-order valence-corrected chi connectivity index (χ1v) is 10.8. The van der Waals surface area contributed by atoms with Gasteiger partial charge in [-0.25, -0.2) is 0 Å². The number of nitriles is 1. The SMILES string of the molecule is CCn1c(SC(C)C(=O)NC2(C#N)CCCCC2)nnc1-c1cccc(C)c1. The lowest BCUT2D eigenvalue weighted by molar-refractivity contribution is -0.121. The largest absolute Gasteiger partial charge is 0.337 e. The van der Waals surface area contributed by atoms with Crippen molar-refractivity contribution in [1.29, 1.82) is 5.26 Å². The van der Waals surface area contributed by atoms with Crippen molar-refractivity contribution in [3.05, 3.63) is 29.8 Å². The highest BCUT2D eigenvalue weighted by atomic mass is 32.2. The molecule has 1 aromatic carbocycles. The van der Waals surface area contributed by atoms with Gasteiger partial charge in [0.1, 0.15) is 5.54 Å². The molecule has 1 N–H and O–H groups in total. The Hall–Kier alpha value is -2.33. The first-order valence-electron chi connectivity index (χ1n) is 9.88. The van der Waals surface area contributed by atoms with Gasteiger partial charge in [-0.15, -0.1) is 10.2 Å². The fourth-order valence-corrected chi connectivity index (χ4v) is 4.54. The van der Waals surface area contributed by atoms with E-state index in [2.05, 4.69) is 40.6 Å². The fourth-order valence-electron chi connectivity index (χ4n) is 3.63. The first-order chi connectivity index (χ1) is 13.5. The highest BCUT2D eigenvalue weighted by Crippen LogP contribution is 2.30. The number of aryl methyl sites for hydroxylation is 1. The molecule has 6 nitrogen and oxygen atoms in total. The number of carbonyl (C=O) groups is 1. The maximum absolute atomic E-state index is 12.8. The monoisotopic (exact) mass is 397 g/mol.